The number of hydroxylamine groups is 2. The van der Waals surface area contributed by atoms with E-state index in [1.165, 1.54) is 19.2 Å². The first-order chi connectivity index (χ1) is 22.6. The summed E-state index contributed by atoms with van der Waals surface area (Å²) in [7, 11) is -5.27. The van der Waals surface area contributed by atoms with Crippen LogP contribution in [0.3, 0.4) is 0 Å². The van der Waals surface area contributed by atoms with E-state index in [1.807, 2.05) is 21.8 Å². The Balaban J connectivity index is 1.45. The minimum Gasteiger partial charge on any atom is -0.724 e. The molecule has 4 rings (SSSR count). The van der Waals surface area contributed by atoms with Crippen LogP contribution in [0.2, 0.25) is 0 Å². The highest BCUT2D eigenvalue weighted by Crippen LogP contribution is 2.33. The number of carboxylic acids is 1. The molecular formula is C27H35N9O10S2. The first-order valence-corrected chi connectivity index (χ1v) is 16.6. The van der Waals surface area contributed by atoms with Gasteiger partial charge < -0.3 is 41.8 Å². The van der Waals surface area contributed by atoms with Crippen LogP contribution in [0, 0.1) is 0 Å². The third-order valence-corrected chi connectivity index (χ3v) is 8.09. The van der Waals surface area contributed by atoms with Crippen molar-refractivity contribution >= 4 is 50.4 Å². The van der Waals surface area contributed by atoms with Gasteiger partial charge in [0.2, 0.25) is 16.6 Å². The number of anilines is 1. The maximum atomic E-state index is 13.2. The average molecular weight is 710 g/mol. The number of hydrogen-bond donors (Lipinski definition) is 5. The third kappa shape index (κ3) is 8.62. The fraction of sp³-hybridized carbons (Fsp3) is 0.407. The Morgan fingerprint density at radius 2 is 1.94 bits per heavy atom. The van der Waals surface area contributed by atoms with Gasteiger partial charge in [0.15, 0.2) is 17.4 Å². The van der Waals surface area contributed by atoms with Crippen molar-refractivity contribution in [2.24, 2.45) is 16.6 Å². The van der Waals surface area contributed by atoms with Gasteiger partial charge in [-0.1, -0.05) is 17.3 Å². The highest BCUT2D eigenvalue weighted by atomic mass is 32.3. The molecule has 3 aromatic rings. The number of nitrogens with one attached hydrogen (secondary N) is 1. The number of carbonyl (C=O) groups is 3. The summed E-state index contributed by atoms with van der Waals surface area (Å²) in [5.74, 6) is -3.20. The lowest BCUT2D eigenvalue weighted by atomic mass is 9.84. The summed E-state index contributed by atoms with van der Waals surface area (Å²) < 4.78 is 46.8. The molecule has 0 aliphatic carbocycles. The van der Waals surface area contributed by atoms with Crippen LogP contribution in [0.4, 0.5) is 5.13 Å². The standard InChI is InChI=1S/C27H35N9O10S2/c1-27(2)22(24(38)36(27)46-48(41,42)43)32-23(37)21(19-15-47-26(30)31-19)33-45-20(25(39)40)14-44-18-6-4-16(5-7-18)17-12-34(10-3-8-28)35(13-17)11-9-29/h4-7,12-13,15,20,22H,3,8-11,14,28-29H2,1-2H3,(H4-,30,31,32,37,39,40,41,42,43)/b33-21-/t20-,22+/m0/s1. The van der Waals surface area contributed by atoms with Crippen molar-refractivity contribution in [3.05, 3.63) is 47.7 Å². The topological polar surface area (TPSA) is 284 Å². The number of carboxylic acid groups (broad SMARTS) is 1. The maximum Gasteiger partial charge on any atom is 0.351 e. The minimum atomic E-state index is -5.27. The van der Waals surface area contributed by atoms with Crippen molar-refractivity contribution in [3.63, 3.8) is 0 Å². The predicted molar refractivity (Wildman–Crippen MR) is 167 cm³/mol. The summed E-state index contributed by atoms with van der Waals surface area (Å²) in [5, 5.41) is 17.5. The van der Waals surface area contributed by atoms with Crippen LogP contribution in [0.25, 0.3) is 11.1 Å². The molecule has 0 saturated carbocycles. The van der Waals surface area contributed by atoms with Gasteiger partial charge in [0.05, 0.1) is 30.4 Å². The number of aliphatic carboxylic acids is 1. The molecular weight excluding hydrogens is 674 g/mol. The second-order valence-electron chi connectivity index (χ2n) is 10.9. The van der Waals surface area contributed by atoms with Crippen LogP contribution in [0.5, 0.6) is 5.75 Å². The summed E-state index contributed by atoms with van der Waals surface area (Å²) in [4.78, 5) is 46.9. The number of aryl methyl sites for hydroxylation is 1. The number of oxime groups is 1. The smallest absolute Gasteiger partial charge is 0.351 e. The van der Waals surface area contributed by atoms with Crippen LogP contribution in [0.1, 0.15) is 26.0 Å². The Bertz CT molecular complexity index is 1770. The summed E-state index contributed by atoms with van der Waals surface area (Å²) >= 11 is 0.951. The van der Waals surface area contributed by atoms with Gasteiger partial charge in [-0.3, -0.25) is 9.59 Å². The number of hydrogen-bond acceptors (Lipinski definition) is 15. The molecule has 0 bridgehead atoms. The second-order valence-corrected chi connectivity index (χ2v) is 12.8. The molecule has 48 heavy (non-hydrogen) atoms. The number of nitrogens with two attached hydrogens (primary N) is 3. The van der Waals surface area contributed by atoms with E-state index in [4.69, 9.17) is 26.8 Å². The van der Waals surface area contributed by atoms with E-state index in [0.29, 0.717) is 30.4 Å². The minimum absolute atomic E-state index is 0.0497. The van der Waals surface area contributed by atoms with Gasteiger partial charge in [-0.15, -0.1) is 16.0 Å². The zero-order valence-corrected chi connectivity index (χ0v) is 27.5. The van der Waals surface area contributed by atoms with Gasteiger partial charge in [0, 0.05) is 5.38 Å². The van der Waals surface area contributed by atoms with Gasteiger partial charge in [0.25, 0.3) is 17.9 Å². The number of rotatable bonds is 17. The fourth-order valence-corrected chi connectivity index (χ4v) is 5.62. The molecule has 1 fully saturated rings. The van der Waals surface area contributed by atoms with Gasteiger partial charge in [-0.25, -0.2) is 18.2 Å². The summed E-state index contributed by atoms with van der Waals surface area (Å²) in [6, 6.07) is 5.56. The van der Waals surface area contributed by atoms with E-state index in [-0.39, 0.29) is 10.8 Å². The van der Waals surface area contributed by atoms with Gasteiger partial charge in [0.1, 0.15) is 24.1 Å². The largest absolute Gasteiger partial charge is 0.724 e. The van der Waals surface area contributed by atoms with Gasteiger partial charge in [-0.2, -0.15) is 14.0 Å². The molecule has 19 nitrogen and oxygen atoms in total. The molecule has 1 saturated heterocycles. The first kappa shape index (κ1) is 36.2. The molecule has 3 heterocycles. The third-order valence-electron chi connectivity index (χ3n) is 7.09. The van der Waals surface area contributed by atoms with E-state index >= 15 is 0 Å². The molecule has 260 valence electrons. The number of ether oxygens (including phenoxy) is 1. The number of amides is 2. The molecule has 1 aliphatic heterocycles. The lowest BCUT2D eigenvalue weighted by molar-refractivity contribution is -0.773. The molecule has 21 heteroatoms. The summed E-state index contributed by atoms with van der Waals surface area (Å²) in [6.07, 6.45) is 3.07. The quantitative estimate of drug-likeness (QED) is 0.0267. The van der Waals surface area contributed by atoms with Crippen molar-refractivity contribution in [3.8, 4) is 16.9 Å². The van der Waals surface area contributed by atoms with Crippen molar-refractivity contribution in [1.82, 2.24) is 20.0 Å². The number of carbonyl (C=O) groups excluding carboxylic acids is 2. The Labute approximate surface area is 278 Å². The maximum absolute atomic E-state index is 13.2. The Kier molecular flexibility index (Phi) is 11.3. The molecule has 1 aliphatic rings. The molecule has 8 N–H and O–H groups in total. The van der Waals surface area contributed by atoms with Crippen LogP contribution in [-0.4, -0.2) is 93.7 Å². The number of aromatic nitrogens is 3. The molecule has 0 spiro atoms. The summed E-state index contributed by atoms with van der Waals surface area (Å²) in [6.45, 7) is 4.54. The Morgan fingerprint density at radius 1 is 1.23 bits per heavy atom. The Morgan fingerprint density at radius 3 is 2.50 bits per heavy atom. The lowest BCUT2D eigenvalue weighted by Crippen LogP contribution is -2.76. The number of thiazole rings is 1. The van der Waals surface area contributed by atoms with Crippen LogP contribution in [0.15, 0.2) is 47.2 Å². The van der Waals surface area contributed by atoms with Gasteiger partial charge >= 0.3 is 5.97 Å². The van der Waals surface area contributed by atoms with Gasteiger partial charge in [-0.05, 0) is 44.5 Å². The molecule has 2 aromatic heterocycles. The SMILES string of the molecule is CC1(C)[C@H](NC(=O)/C(=N\O[C@@H](COc2ccc(-c3cn(CCCN)[n+](CCN)c3)cc2)C(=O)O)c2csc(N)n2)C(=O)N1OS(=O)(=O)[O-]. The number of nitrogen functional groups attached to an aromatic ring is 1. The molecule has 0 radical (unpaired) electrons. The fourth-order valence-electron chi connectivity index (χ4n) is 4.62. The lowest BCUT2D eigenvalue weighted by Gasteiger charge is -2.51. The predicted octanol–water partition coefficient (Wildman–Crippen LogP) is -1.46. The number of β-lactam (4-membered cyclic amide) rings is 1. The molecule has 0 unspecified atom stereocenters. The average Bonchev–Trinajstić information content (AvgIpc) is 3.64. The molecule has 1 aromatic carbocycles. The normalized spacial score (nSPS) is 16.7. The van der Waals surface area contributed by atoms with Crippen molar-refractivity contribution in [2.45, 2.75) is 51.0 Å². The van der Waals surface area contributed by atoms with E-state index in [0.717, 1.165) is 35.4 Å². The Hall–Kier alpha value is -4.67. The highest BCUT2D eigenvalue weighted by molar-refractivity contribution is 7.80. The van der Waals surface area contributed by atoms with Crippen LogP contribution in [-0.2, 0) is 47.0 Å². The van der Waals surface area contributed by atoms with Crippen molar-refractivity contribution < 1.29 is 51.0 Å². The highest BCUT2D eigenvalue weighted by Gasteiger charge is 2.57. The van der Waals surface area contributed by atoms with E-state index in [1.54, 1.807) is 24.3 Å². The summed E-state index contributed by atoms with van der Waals surface area (Å²) in [5.41, 5.74) is 16.8. The van der Waals surface area contributed by atoms with Crippen LogP contribution >= 0.6 is 11.3 Å². The van der Waals surface area contributed by atoms with E-state index in [9.17, 15) is 32.5 Å². The molecule has 2 atom stereocenters. The molecule has 2 amide bonds. The monoisotopic (exact) mass is 709 g/mol. The van der Waals surface area contributed by atoms with Crippen molar-refractivity contribution in [1.29, 1.82) is 0 Å². The second kappa shape index (κ2) is 15.0. The number of nitrogens with zero attached hydrogens (tertiary/aromatic N) is 5. The number of benzene rings is 1. The van der Waals surface area contributed by atoms with E-state index < -0.39 is 58.2 Å². The first-order valence-electron chi connectivity index (χ1n) is 14.4. The van der Waals surface area contributed by atoms with E-state index in [2.05, 4.69) is 19.7 Å². The van der Waals surface area contributed by atoms with Crippen molar-refractivity contribution in [2.75, 3.05) is 25.4 Å². The van der Waals surface area contributed by atoms with Crippen LogP contribution < -0.4 is 31.9 Å². The zero-order chi connectivity index (χ0) is 35.2. The zero-order valence-electron chi connectivity index (χ0n) is 25.8.